The lowest BCUT2D eigenvalue weighted by molar-refractivity contribution is -0.116. The molecule has 1 amide bonds. The number of aromatic nitrogens is 1. The molecule has 6 heteroatoms. The fraction of sp³-hybridized carbons (Fsp3) is 0.111. The van der Waals surface area contributed by atoms with Gasteiger partial charge in [0, 0.05) is 23.5 Å². The van der Waals surface area contributed by atoms with Crippen LogP contribution >= 0.6 is 11.6 Å². The number of ketones is 1. The first kappa shape index (κ1) is 16.2. The van der Waals surface area contributed by atoms with E-state index in [0.717, 1.165) is 5.56 Å². The average molecular weight is 345 g/mol. The van der Waals surface area contributed by atoms with Crippen LogP contribution in [-0.2, 0) is 11.2 Å². The summed E-state index contributed by atoms with van der Waals surface area (Å²) in [4.78, 5) is 26.5. The van der Waals surface area contributed by atoms with E-state index in [1.165, 1.54) is 25.3 Å². The first-order valence-corrected chi connectivity index (χ1v) is 7.67. The summed E-state index contributed by atoms with van der Waals surface area (Å²) >= 11 is 6.17. The number of anilines is 1. The Kier molecular flexibility index (Phi) is 4.36. The zero-order chi connectivity index (χ0) is 17.3. The molecule has 0 aliphatic heterocycles. The normalized spacial score (nSPS) is 10.8. The molecule has 2 N–H and O–H groups in total. The molecule has 0 atom stereocenters. The molecule has 3 rings (SSSR count). The van der Waals surface area contributed by atoms with Gasteiger partial charge in [-0.2, -0.15) is 0 Å². The molecule has 2 aromatic carbocycles. The van der Waals surface area contributed by atoms with Gasteiger partial charge in [0.1, 0.15) is 11.6 Å². The molecule has 0 saturated heterocycles. The highest BCUT2D eigenvalue weighted by atomic mass is 35.5. The van der Waals surface area contributed by atoms with Crippen LogP contribution in [0.5, 0.6) is 0 Å². The number of halogens is 2. The number of aromatic amines is 1. The quantitative estimate of drug-likeness (QED) is 0.739. The van der Waals surface area contributed by atoms with E-state index in [9.17, 15) is 14.0 Å². The third-order valence-corrected chi connectivity index (χ3v) is 3.94. The van der Waals surface area contributed by atoms with Crippen molar-refractivity contribution in [3.05, 3.63) is 64.6 Å². The Balaban J connectivity index is 1.85. The van der Waals surface area contributed by atoms with E-state index in [1.807, 2.05) is 0 Å². The van der Waals surface area contributed by atoms with Gasteiger partial charge in [0.25, 0.3) is 5.91 Å². The number of fused-ring (bicyclic) bond motifs is 1. The third-order valence-electron chi connectivity index (χ3n) is 3.62. The van der Waals surface area contributed by atoms with Crippen LogP contribution in [-0.4, -0.2) is 16.7 Å². The molecule has 0 radical (unpaired) electrons. The molecule has 0 unspecified atom stereocenters. The SMILES string of the molecule is CC(=O)Cc1ccc(NC(=O)c2c[nH]c3cc(F)ccc23)c(Cl)c1. The topological polar surface area (TPSA) is 62.0 Å². The standard InChI is InChI=1S/C18H14ClFN2O2/c1-10(23)6-11-2-5-16(15(19)7-11)22-18(24)14-9-21-17-8-12(20)3-4-13(14)17/h2-5,7-9,21H,6H2,1H3,(H,22,24). The number of rotatable bonds is 4. The van der Waals surface area contributed by atoms with Gasteiger partial charge in [-0.25, -0.2) is 4.39 Å². The molecule has 122 valence electrons. The first-order chi connectivity index (χ1) is 11.4. The van der Waals surface area contributed by atoms with Gasteiger partial charge in [0.15, 0.2) is 0 Å². The summed E-state index contributed by atoms with van der Waals surface area (Å²) < 4.78 is 13.2. The molecule has 4 nitrogen and oxygen atoms in total. The van der Waals surface area contributed by atoms with Crippen molar-refractivity contribution in [3.8, 4) is 0 Å². The van der Waals surface area contributed by atoms with E-state index in [-0.39, 0.29) is 17.5 Å². The summed E-state index contributed by atoms with van der Waals surface area (Å²) in [6.45, 7) is 1.50. The number of H-pyrrole nitrogens is 1. The van der Waals surface area contributed by atoms with E-state index in [0.29, 0.717) is 33.6 Å². The van der Waals surface area contributed by atoms with Crippen molar-refractivity contribution in [2.45, 2.75) is 13.3 Å². The second kappa shape index (κ2) is 6.45. The molecule has 0 spiro atoms. The highest BCUT2D eigenvalue weighted by molar-refractivity contribution is 6.34. The van der Waals surface area contributed by atoms with Gasteiger partial charge in [-0.3, -0.25) is 9.59 Å². The number of amides is 1. The number of hydrogen-bond donors (Lipinski definition) is 2. The van der Waals surface area contributed by atoms with Crippen molar-refractivity contribution in [2.24, 2.45) is 0 Å². The summed E-state index contributed by atoms with van der Waals surface area (Å²) in [7, 11) is 0. The van der Waals surface area contributed by atoms with Crippen molar-refractivity contribution < 1.29 is 14.0 Å². The highest BCUT2D eigenvalue weighted by Crippen LogP contribution is 2.26. The van der Waals surface area contributed by atoms with Crippen molar-refractivity contribution in [1.82, 2.24) is 4.98 Å². The van der Waals surface area contributed by atoms with Crippen LogP contribution in [0.15, 0.2) is 42.6 Å². The van der Waals surface area contributed by atoms with E-state index in [4.69, 9.17) is 11.6 Å². The summed E-state index contributed by atoms with van der Waals surface area (Å²) in [5.74, 6) is -0.691. The maximum atomic E-state index is 13.2. The minimum Gasteiger partial charge on any atom is -0.360 e. The van der Waals surface area contributed by atoms with Crippen LogP contribution in [0.25, 0.3) is 10.9 Å². The predicted molar refractivity (Wildman–Crippen MR) is 92.0 cm³/mol. The molecule has 0 bridgehead atoms. The van der Waals surface area contributed by atoms with Gasteiger partial charge in [-0.1, -0.05) is 17.7 Å². The molecule has 3 aromatic rings. The van der Waals surface area contributed by atoms with Crippen molar-refractivity contribution in [3.63, 3.8) is 0 Å². The predicted octanol–water partition coefficient (Wildman–Crippen LogP) is 4.34. The van der Waals surface area contributed by atoms with Gasteiger partial charge < -0.3 is 10.3 Å². The highest BCUT2D eigenvalue weighted by Gasteiger charge is 2.14. The maximum absolute atomic E-state index is 13.2. The minimum atomic E-state index is -0.375. The Morgan fingerprint density at radius 2 is 2.00 bits per heavy atom. The lowest BCUT2D eigenvalue weighted by Gasteiger charge is -2.08. The Bertz CT molecular complexity index is 949. The van der Waals surface area contributed by atoms with Crippen LogP contribution in [0.3, 0.4) is 0 Å². The van der Waals surface area contributed by atoms with Crippen LogP contribution in [0.2, 0.25) is 5.02 Å². The number of benzene rings is 2. The Morgan fingerprint density at radius 3 is 2.71 bits per heavy atom. The Hall–Kier alpha value is -2.66. The van der Waals surface area contributed by atoms with Crippen molar-refractivity contribution in [1.29, 1.82) is 0 Å². The monoisotopic (exact) mass is 344 g/mol. The Morgan fingerprint density at radius 1 is 1.21 bits per heavy atom. The maximum Gasteiger partial charge on any atom is 0.257 e. The smallest absolute Gasteiger partial charge is 0.257 e. The average Bonchev–Trinajstić information content (AvgIpc) is 2.92. The number of carbonyl (C=O) groups is 2. The summed E-state index contributed by atoms with van der Waals surface area (Å²) in [5, 5.41) is 3.71. The zero-order valence-electron chi connectivity index (χ0n) is 12.8. The molecule has 1 heterocycles. The summed E-state index contributed by atoms with van der Waals surface area (Å²) in [5.41, 5.74) is 2.18. The third kappa shape index (κ3) is 3.31. The molecular weight excluding hydrogens is 331 g/mol. The Labute approximate surface area is 142 Å². The summed E-state index contributed by atoms with van der Waals surface area (Å²) in [6, 6.07) is 9.24. The number of hydrogen-bond acceptors (Lipinski definition) is 2. The molecule has 1 aromatic heterocycles. The van der Waals surface area contributed by atoms with E-state index in [2.05, 4.69) is 10.3 Å². The lowest BCUT2D eigenvalue weighted by atomic mass is 10.1. The first-order valence-electron chi connectivity index (χ1n) is 7.30. The lowest BCUT2D eigenvalue weighted by Crippen LogP contribution is -2.12. The zero-order valence-corrected chi connectivity index (χ0v) is 13.6. The van der Waals surface area contributed by atoms with E-state index in [1.54, 1.807) is 24.3 Å². The second-order valence-corrected chi connectivity index (χ2v) is 5.95. The molecule has 0 saturated carbocycles. The van der Waals surface area contributed by atoms with E-state index >= 15 is 0 Å². The van der Waals surface area contributed by atoms with Crippen molar-refractivity contribution >= 4 is 39.9 Å². The van der Waals surface area contributed by atoms with Gasteiger partial charge in [-0.05, 0) is 42.8 Å². The second-order valence-electron chi connectivity index (χ2n) is 5.54. The van der Waals surface area contributed by atoms with Crippen LogP contribution in [0, 0.1) is 5.82 Å². The molecule has 0 fully saturated rings. The summed E-state index contributed by atoms with van der Waals surface area (Å²) in [6.07, 6.45) is 1.82. The number of Topliss-reactive ketones (excluding diaryl/α,β-unsaturated/α-hetero) is 1. The molecule has 24 heavy (non-hydrogen) atoms. The van der Waals surface area contributed by atoms with Gasteiger partial charge >= 0.3 is 0 Å². The number of nitrogens with one attached hydrogen (secondary N) is 2. The fourth-order valence-electron chi connectivity index (χ4n) is 2.53. The number of carbonyl (C=O) groups excluding carboxylic acids is 2. The van der Waals surface area contributed by atoms with Crippen LogP contribution in [0.1, 0.15) is 22.8 Å². The van der Waals surface area contributed by atoms with Gasteiger partial charge in [0.2, 0.25) is 0 Å². The molecule has 0 aliphatic carbocycles. The van der Waals surface area contributed by atoms with Crippen molar-refractivity contribution in [2.75, 3.05) is 5.32 Å². The van der Waals surface area contributed by atoms with Crippen LogP contribution < -0.4 is 5.32 Å². The fourth-order valence-corrected chi connectivity index (χ4v) is 2.78. The van der Waals surface area contributed by atoms with E-state index < -0.39 is 0 Å². The minimum absolute atomic E-state index is 0.0360. The van der Waals surface area contributed by atoms with Crippen LogP contribution in [0.4, 0.5) is 10.1 Å². The molecule has 0 aliphatic rings. The largest absolute Gasteiger partial charge is 0.360 e. The molecular formula is C18H14ClFN2O2. The van der Waals surface area contributed by atoms with Gasteiger partial charge in [-0.15, -0.1) is 0 Å². The van der Waals surface area contributed by atoms with Gasteiger partial charge in [0.05, 0.1) is 16.3 Å².